The minimum Gasteiger partial charge on any atom is -0.495 e. The molecule has 5 heteroatoms. The van der Waals surface area contributed by atoms with E-state index in [2.05, 4.69) is 29.2 Å². The number of anilines is 1. The second kappa shape index (κ2) is 7.00. The second-order valence-corrected chi connectivity index (χ2v) is 7.65. The largest absolute Gasteiger partial charge is 0.495 e. The fourth-order valence-electron chi connectivity index (χ4n) is 3.58. The summed E-state index contributed by atoms with van der Waals surface area (Å²) >= 11 is 1.72. The Labute approximate surface area is 152 Å². The van der Waals surface area contributed by atoms with Crippen molar-refractivity contribution in [2.75, 3.05) is 38.2 Å². The number of piperazine rings is 1. The van der Waals surface area contributed by atoms with Crippen LogP contribution in [-0.4, -0.2) is 49.3 Å². The van der Waals surface area contributed by atoms with Crippen LogP contribution in [-0.2, 0) is 11.2 Å². The highest BCUT2D eigenvalue weighted by atomic mass is 32.2. The van der Waals surface area contributed by atoms with Crippen molar-refractivity contribution in [3.05, 3.63) is 54.1 Å². The highest BCUT2D eigenvalue weighted by molar-refractivity contribution is 8.01. The topological polar surface area (TPSA) is 32.8 Å². The Morgan fingerprint density at radius 1 is 1.04 bits per heavy atom. The van der Waals surface area contributed by atoms with Gasteiger partial charge in [0.15, 0.2) is 0 Å². The molecule has 2 aliphatic heterocycles. The maximum Gasteiger partial charge on any atom is 0.236 e. The molecule has 1 unspecified atom stereocenters. The lowest BCUT2D eigenvalue weighted by molar-refractivity contribution is -0.130. The predicted molar refractivity (Wildman–Crippen MR) is 102 cm³/mol. The van der Waals surface area contributed by atoms with E-state index in [4.69, 9.17) is 4.74 Å². The Balaban J connectivity index is 1.38. The molecule has 1 saturated heterocycles. The van der Waals surface area contributed by atoms with Gasteiger partial charge in [-0.05, 0) is 30.2 Å². The Morgan fingerprint density at radius 2 is 1.76 bits per heavy atom. The average Bonchev–Trinajstić information content (AvgIpc) is 3.12. The van der Waals surface area contributed by atoms with Crippen LogP contribution in [0.5, 0.6) is 5.75 Å². The number of para-hydroxylation sites is 2. The van der Waals surface area contributed by atoms with Crippen LogP contribution < -0.4 is 9.64 Å². The summed E-state index contributed by atoms with van der Waals surface area (Å²) in [6.45, 7) is 3.22. The van der Waals surface area contributed by atoms with Gasteiger partial charge in [0.1, 0.15) is 5.75 Å². The van der Waals surface area contributed by atoms with Gasteiger partial charge in [0.05, 0.1) is 18.0 Å². The number of rotatable bonds is 3. The summed E-state index contributed by atoms with van der Waals surface area (Å²) in [5.74, 6) is 1.17. The molecular formula is C20H22N2O2S. The third-order valence-electron chi connectivity index (χ3n) is 4.94. The van der Waals surface area contributed by atoms with E-state index < -0.39 is 0 Å². The summed E-state index contributed by atoms with van der Waals surface area (Å²) < 4.78 is 5.46. The van der Waals surface area contributed by atoms with Crippen LogP contribution in [0.1, 0.15) is 5.56 Å². The molecule has 2 heterocycles. The van der Waals surface area contributed by atoms with Gasteiger partial charge in [0, 0.05) is 31.1 Å². The smallest absolute Gasteiger partial charge is 0.236 e. The summed E-state index contributed by atoms with van der Waals surface area (Å²) in [5.41, 5.74) is 2.42. The van der Waals surface area contributed by atoms with Gasteiger partial charge in [-0.15, -0.1) is 11.8 Å². The van der Waals surface area contributed by atoms with Crippen LogP contribution in [0.2, 0.25) is 0 Å². The van der Waals surface area contributed by atoms with Crippen molar-refractivity contribution in [2.24, 2.45) is 0 Å². The van der Waals surface area contributed by atoms with Gasteiger partial charge in [-0.25, -0.2) is 0 Å². The minimum absolute atomic E-state index is 0.0372. The van der Waals surface area contributed by atoms with Crippen molar-refractivity contribution >= 4 is 23.4 Å². The molecule has 4 nitrogen and oxygen atoms in total. The molecule has 25 heavy (non-hydrogen) atoms. The third kappa shape index (κ3) is 3.21. The molecule has 130 valence electrons. The van der Waals surface area contributed by atoms with Crippen molar-refractivity contribution in [3.8, 4) is 5.75 Å². The minimum atomic E-state index is 0.0372. The summed E-state index contributed by atoms with van der Waals surface area (Å²) in [5, 5.41) is 0.0372. The lowest BCUT2D eigenvalue weighted by atomic mass is 10.1. The second-order valence-electron chi connectivity index (χ2n) is 6.40. The molecule has 2 aliphatic rings. The highest BCUT2D eigenvalue weighted by Gasteiger charge is 2.33. The van der Waals surface area contributed by atoms with Crippen molar-refractivity contribution in [1.82, 2.24) is 4.90 Å². The van der Waals surface area contributed by atoms with E-state index in [9.17, 15) is 4.79 Å². The molecule has 1 atom stereocenters. The van der Waals surface area contributed by atoms with E-state index in [1.54, 1.807) is 18.9 Å². The zero-order chi connectivity index (χ0) is 17.2. The molecule has 2 aromatic carbocycles. The monoisotopic (exact) mass is 354 g/mol. The number of thioether (sulfide) groups is 1. The van der Waals surface area contributed by atoms with Gasteiger partial charge in [0.2, 0.25) is 5.91 Å². The number of ether oxygens (including phenoxy) is 1. The first-order valence-electron chi connectivity index (χ1n) is 8.67. The van der Waals surface area contributed by atoms with Crippen LogP contribution in [0.3, 0.4) is 0 Å². The van der Waals surface area contributed by atoms with E-state index >= 15 is 0 Å². The van der Waals surface area contributed by atoms with Gasteiger partial charge in [-0.1, -0.05) is 30.3 Å². The number of hydrogen-bond acceptors (Lipinski definition) is 4. The highest BCUT2D eigenvalue weighted by Crippen LogP contribution is 2.38. The number of carbonyl (C=O) groups excluding carboxylic acids is 1. The van der Waals surface area contributed by atoms with Gasteiger partial charge >= 0.3 is 0 Å². The fourth-order valence-corrected chi connectivity index (χ4v) is 4.86. The molecular weight excluding hydrogens is 332 g/mol. The molecule has 1 amide bonds. The first kappa shape index (κ1) is 16.3. The third-order valence-corrected chi connectivity index (χ3v) is 6.24. The van der Waals surface area contributed by atoms with E-state index in [1.807, 2.05) is 29.2 Å². The van der Waals surface area contributed by atoms with E-state index in [-0.39, 0.29) is 11.2 Å². The number of benzene rings is 2. The summed E-state index contributed by atoms with van der Waals surface area (Å²) in [6.07, 6.45) is 0.854. The van der Waals surface area contributed by atoms with Gasteiger partial charge in [-0.3, -0.25) is 4.79 Å². The maximum absolute atomic E-state index is 12.9. The molecule has 0 aliphatic carbocycles. The molecule has 0 saturated carbocycles. The molecule has 2 aromatic rings. The zero-order valence-electron chi connectivity index (χ0n) is 14.4. The zero-order valence-corrected chi connectivity index (χ0v) is 15.2. The summed E-state index contributed by atoms with van der Waals surface area (Å²) in [6, 6.07) is 16.4. The quantitative estimate of drug-likeness (QED) is 0.848. The van der Waals surface area contributed by atoms with Crippen molar-refractivity contribution in [2.45, 2.75) is 16.6 Å². The SMILES string of the molecule is COc1ccccc1N1CCN(C(=O)C2Cc3ccccc3S2)CC1. The number of methoxy groups -OCH3 is 1. The molecule has 0 aromatic heterocycles. The van der Waals surface area contributed by atoms with Crippen LogP contribution in [0, 0.1) is 0 Å². The number of carbonyl (C=O) groups is 1. The lowest BCUT2D eigenvalue weighted by Gasteiger charge is -2.37. The van der Waals surface area contributed by atoms with Gasteiger partial charge < -0.3 is 14.5 Å². The summed E-state index contributed by atoms with van der Waals surface area (Å²) in [4.78, 5) is 18.5. The Morgan fingerprint density at radius 3 is 2.52 bits per heavy atom. The van der Waals surface area contributed by atoms with Crippen LogP contribution in [0.15, 0.2) is 53.4 Å². The molecule has 1 fully saturated rings. The van der Waals surface area contributed by atoms with Gasteiger partial charge in [-0.2, -0.15) is 0 Å². The van der Waals surface area contributed by atoms with Crippen molar-refractivity contribution < 1.29 is 9.53 Å². The lowest BCUT2D eigenvalue weighted by Crippen LogP contribution is -2.51. The van der Waals surface area contributed by atoms with Crippen LogP contribution in [0.25, 0.3) is 0 Å². The van der Waals surface area contributed by atoms with E-state index in [0.717, 1.165) is 44.0 Å². The number of nitrogens with zero attached hydrogens (tertiary/aromatic N) is 2. The molecule has 0 radical (unpaired) electrons. The Bertz CT molecular complexity index is 747. The first-order chi connectivity index (χ1) is 12.3. The standard InChI is InChI=1S/C20H22N2O2S/c1-24-17-8-4-3-7-16(17)21-10-12-22(13-11-21)20(23)19-14-15-6-2-5-9-18(15)25-19/h2-9,19H,10-14H2,1H3. The normalized spacial score (nSPS) is 19.6. The predicted octanol–water partition coefficient (Wildman–Crippen LogP) is 3.06. The van der Waals surface area contributed by atoms with Gasteiger partial charge in [0.25, 0.3) is 0 Å². The molecule has 4 rings (SSSR count). The number of fused-ring (bicyclic) bond motifs is 1. The maximum atomic E-state index is 12.9. The first-order valence-corrected chi connectivity index (χ1v) is 9.55. The summed E-state index contributed by atoms with van der Waals surface area (Å²) in [7, 11) is 1.70. The molecule has 0 spiro atoms. The molecule has 0 N–H and O–H groups in total. The molecule has 0 bridgehead atoms. The Kier molecular flexibility index (Phi) is 4.57. The van der Waals surface area contributed by atoms with Crippen molar-refractivity contribution in [1.29, 1.82) is 0 Å². The Hall–Kier alpha value is -2.14. The van der Waals surface area contributed by atoms with E-state index in [1.165, 1.54) is 10.5 Å². The van der Waals surface area contributed by atoms with E-state index in [0.29, 0.717) is 0 Å². The number of hydrogen-bond donors (Lipinski definition) is 0. The van der Waals surface area contributed by atoms with Crippen LogP contribution in [0.4, 0.5) is 5.69 Å². The number of amides is 1. The van der Waals surface area contributed by atoms with Crippen LogP contribution >= 0.6 is 11.8 Å². The van der Waals surface area contributed by atoms with Crippen molar-refractivity contribution in [3.63, 3.8) is 0 Å². The fraction of sp³-hybridized carbons (Fsp3) is 0.350. The average molecular weight is 354 g/mol.